The Kier molecular flexibility index (Phi) is 2.73. The van der Waals surface area contributed by atoms with Crippen LogP contribution in [0.5, 0.6) is 0 Å². The number of hydrogen-bond donors (Lipinski definition) is 2. The van der Waals surface area contributed by atoms with Gasteiger partial charge in [0.15, 0.2) is 11.6 Å². The third-order valence-electron chi connectivity index (χ3n) is 2.12. The Morgan fingerprint density at radius 2 is 2.40 bits per heavy atom. The van der Waals surface area contributed by atoms with Gasteiger partial charge < -0.3 is 15.2 Å². The Labute approximate surface area is 87.9 Å². The van der Waals surface area contributed by atoms with Gasteiger partial charge in [-0.2, -0.15) is 0 Å². The fraction of sp³-hybridized carbons (Fsp3) is 0.300. The highest BCUT2D eigenvalue weighted by Gasteiger charge is 2.06. The number of nitrogens with one attached hydrogen (secondary N) is 1. The number of aromatic amines is 1. The number of rotatable bonds is 4. The molecule has 2 aromatic rings. The van der Waals surface area contributed by atoms with Gasteiger partial charge in [-0.1, -0.05) is 5.16 Å². The molecule has 0 fully saturated rings. The lowest BCUT2D eigenvalue weighted by molar-refractivity contribution is 0.267. The van der Waals surface area contributed by atoms with E-state index in [2.05, 4.69) is 15.0 Å². The van der Waals surface area contributed by atoms with Crippen molar-refractivity contribution in [2.45, 2.75) is 13.1 Å². The van der Waals surface area contributed by atoms with E-state index in [0.717, 1.165) is 12.3 Å². The zero-order chi connectivity index (χ0) is 10.7. The molecule has 15 heavy (non-hydrogen) atoms. The van der Waals surface area contributed by atoms with Crippen molar-refractivity contribution in [1.82, 2.24) is 15.0 Å². The first kappa shape index (κ1) is 9.79. The second-order valence-electron chi connectivity index (χ2n) is 3.61. The molecule has 0 atom stereocenters. The second kappa shape index (κ2) is 4.18. The maximum absolute atomic E-state index is 5.46. The van der Waals surface area contributed by atoms with Gasteiger partial charge in [0, 0.05) is 25.0 Å². The Morgan fingerprint density at radius 1 is 1.53 bits per heavy atom. The molecule has 5 heteroatoms. The molecule has 3 N–H and O–H groups in total. The number of nitrogens with two attached hydrogens (primary N) is 1. The van der Waals surface area contributed by atoms with E-state index in [1.165, 1.54) is 5.56 Å². The molecule has 0 amide bonds. The van der Waals surface area contributed by atoms with Crippen LogP contribution in [0, 0.1) is 0 Å². The van der Waals surface area contributed by atoms with E-state index in [1.807, 2.05) is 25.5 Å². The molecule has 0 radical (unpaired) electrons. The van der Waals surface area contributed by atoms with Crippen LogP contribution in [0.2, 0.25) is 0 Å². The molecule has 5 nitrogen and oxygen atoms in total. The van der Waals surface area contributed by atoms with Gasteiger partial charge in [0.25, 0.3) is 0 Å². The molecule has 0 aromatic carbocycles. The first-order valence-electron chi connectivity index (χ1n) is 4.75. The van der Waals surface area contributed by atoms with Gasteiger partial charge in [-0.25, -0.2) is 0 Å². The minimum atomic E-state index is 0.431. The lowest BCUT2D eigenvalue weighted by Crippen LogP contribution is -2.16. The molecule has 2 rings (SSSR count). The maximum atomic E-state index is 5.46. The SMILES string of the molecule is CN(Cc1cc[nH]c1)Cc1cc(N)no1. The van der Waals surface area contributed by atoms with Crippen molar-refractivity contribution in [3.05, 3.63) is 35.9 Å². The zero-order valence-electron chi connectivity index (χ0n) is 8.60. The molecular formula is C10H14N4O. The normalized spacial score (nSPS) is 11.1. The largest absolute Gasteiger partial charge is 0.381 e. The van der Waals surface area contributed by atoms with Crippen LogP contribution >= 0.6 is 0 Å². The van der Waals surface area contributed by atoms with Crippen LogP contribution in [0.15, 0.2) is 29.0 Å². The molecule has 0 spiro atoms. The highest BCUT2D eigenvalue weighted by molar-refractivity contribution is 5.26. The average Bonchev–Trinajstić information content (AvgIpc) is 2.77. The molecule has 0 saturated heterocycles. The molecule has 0 bridgehead atoms. The molecule has 0 unspecified atom stereocenters. The van der Waals surface area contributed by atoms with Crippen LogP contribution in [0.1, 0.15) is 11.3 Å². The van der Waals surface area contributed by atoms with E-state index in [1.54, 1.807) is 6.07 Å². The van der Waals surface area contributed by atoms with Crippen molar-refractivity contribution < 1.29 is 4.52 Å². The lowest BCUT2D eigenvalue weighted by atomic mass is 10.3. The topological polar surface area (TPSA) is 71.1 Å². The van der Waals surface area contributed by atoms with E-state index in [9.17, 15) is 0 Å². The van der Waals surface area contributed by atoms with Crippen molar-refractivity contribution in [3.8, 4) is 0 Å². The molecular weight excluding hydrogens is 192 g/mol. The number of nitrogens with zero attached hydrogens (tertiary/aromatic N) is 2. The minimum absolute atomic E-state index is 0.431. The molecule has 2 heterocycles. The molecule has 0 aliphatic heterocycles. The van der Waals surface area contributed by atoms with Crippen molar-refractivity contribution in [2.75, 3.05) is 12.8 Å². The minimum Gasteiger partial charge on any atom is -0.381 e. The first-order valence-corrected chi connectivity index (χ1v) is 4.75. The number of hydrogen-bond acceptors (Lipinski definition) is 4. The standard InChI is InChI=1S/C10H14N4O/c1-14(6-8-2-3-12-5-8)7-9-4-10(11)13-15-9/h2-5,12H,6-7H2,1H3,(H2,11,13). The monoisotopic (exact) mass is 206 g/mol. The molecule has 80 valence electrons. The Morgan fingerprint density at radius 3 is 3.00 bits per heavy atom. The summed E-state index contributed by atoms with van der Waals surface area (Å²) in [5.41, 5.74) is 6.70. The van der Waals surface area contributed by atoms with E-state index < -0.39 is 0 Å². The molecule has 2 aromatic heterocycles. The number of nitrogen functional groups attached to an aromatic ring is 1. The summed E-state index contributed by atoms with van der Waals surface area (Å²) in [5.74, 6) is 1.21. The van der Waals surface area contributed by atoms with Gasteiger partial charge in [-0.3, -0.25) is 4.90 Å². The first-order chi connectivity index (χ1) is 7.24. The fourth-order valence-electron chi connectivity index (χ4n) is 1.49. The van der Waals surface area contributed by atoms with Crippen molar-refractivity contribution >= 4 is 5.82 Å². The van der Waals surface area contributed by atoms with Crippen LogP contribution in [0.4, 0.5) is 5.82 Å². The summed E-state index contributed by atoms with van der Waals surface area (Å²) in [6, 6.07) is 3.79. The number of aromatic nitrogens is 2. The highest BCUT2D eigenvalue weighted by atomic mass is 16.5. The van der Waals surface area contributed by atoms with Crippen molar-refractivity contribution in [2.24, 2.45) is 0 Å². The summed E-state index contributed by atoms with van der Waals surface area (Å²) >= 11 is 0. The summed E-state index contributed by atoms with van der Waals surface area (Å²) in [7, 11) is 2.02. The predicted molar refractivity (Wildman–Crippen MR) is 56.9 cm³/mol. The van der Waals surface area contributed by atoms with E-state index in [-0.39, 0.29) is 0 Å². The van der Waals surface area contributed by atoms with Crippen molar-refractivity contribution in [3.63, 3.8) is 0 Å². The molecule has 0 aliphatic carbocycles. The Bertz CT molecular complexity index is 407. The van der Waals surface area contributed by atoms with Gasteiger partial charge in [0.1, 0.15) is 0 Å². The fourth-order valence-corrected chi connectivity index (χ4v) is 1.49. The maximum Gasteiger partial charge on any atom is 0.167 e. The lowest BCUT2D eigenvalue weighted by Gasteiger charge is -2.12. The molecule has 0 aliphatic rings. The third-order valence-corrected chi connectivity index (χ3v) is 2.12. The van der Waals surface area contributed by atoms with Gasteiger partial charge in [0.05, 0.1) is 6.54 Å². The summed E-state index contributed by atoms with van der Waals surface area (Å²) in [6.45, 7) is 1.57. The summed E-state index contributed by atoms with van der Waals surface area (Å²) < 4.78 is 5.03. The number of H-pyrrole nitrogens is 1. The Balaban J connectivity index is 1.90. The van der Waals surface area contributed by atoms with Gasteiger partial charge in [-0.05, 0) is 18.7 Å². The van der Waals surface area contributed by atoms with Crippen LogP contribution in [-0.4, -0.2) is 22.1 Å². The predicted octanol–water partition coefficient (Wildman–Crippen LogP) is 1.22. The van der Waals surface area contributed by atoms with Crippen LogP contribution < -0.4 is 5.73 Å². The third kappa shape index (κ3) is 2.60. The smallest absolute Gasteiger partial charge is 0.167 e. The average molecular weight is 206 g/mol. The van der Waals surface area contributed by atoms with E-state index >= 15 is 0 Å². The van der Waals surface area contributed by atoms with Gasteiger partial charge >= 0.3 is 0 Å². The van der Waals surface area contributed by atoms with E-state index in [4.69, 9.17) is 10.3 Å². The van der Waals surface area contributed by atoms with E-state index in [0.29, 0.717) is 12.4 Å². The summed E-state index contributed by atoms with van der Waals surface area (Å²) in [4.78, 5) is 5.15. The summed E-state index contributed by atoms with van der Waals surface area (Å²) in [5, 5.41) is 3.64. The van der Waals surface area contributed by atoms with Crippen LogP contribution in [0.3, 0.4) is 0 Å². The second-order valence-corrected chi connectivity index (χ2v) is 3.61. The van der Waals surface area contributed by atoms with Crippen molar-refractivity contribution in [1.29, 1.82) is 0 Å². The molecule has 0 saturated carbocycles. The van der Waals surface area contributed by atoms with Gasteiger partial charge in [0.2, 0.25) is 0 Å². The zero-order valence-corrected chi connectivity index (χ0v) is 8.60. The highest BCUT2D eigenvalue weighted by Crippen LogP contribution is 2.09. The number of anilines is 1. The summed E-state index contributed by atoms with van der Waals surface area (Å²) in [6.07, 6.45) is 3.89. The quantitative estimate of drug-likeness (QED) is 0.789. The van der Waals surface area contributed by atoms with Crippen LogP contribution in [0.25, 0.3) is 0 Å². The Hall–Kier alpha value is -1.75. The van der Waals surface area contributed by atoms with Gasteiger partial charge in [-0.15, -0.1) is 0 Å². The van der Waals surface area contributed by atoms with Crippen LogP contribution in [-0.2, 0) is 13.1 Å².